The molecule has 0 aliphatic carbocycles. The Bertz CT molecular complexity index is 847. The van der Waals surface area contributed by atoms with Crippen LogP contribution in [0.1, 0.15) is 31.1 Å². The molecule has 0 radical (unpaired) electrons. The molecule has 0 fully saturated rings. The summed E-state index contributed by atoms with van der Waals surface area (Å²) < 4.78 is 37.2. The van der Waals surface area contributed by atoms with E-state index in [1.54, 1.807) is 12.1 Å². The lowest BCUT2D eigenvalue weighted by molar-refractivity contribution is -0.0584. The molecule has 25 heavy (non-hydrogen) atoms. The monoisotopic (exact) mass is 367 g/mol. The van der Waals surface area contributed by atoms with Crippen molar-refractivity contribution in [3.8, 4) is 0 Å². The van der Waals surface area contributed by atoms with Gasteiger partial charge in [0.05, 0.1) is 16.7 Å². The van der Waals surface area contributed by atoms with Gasteiger partial charge in [-0.1, -0.05) is 23.3 Å². The minimum absolute atomic E-state index is 0.0849. The third kappa shape index (κ3) is 3.50. The smallest absolute Gasteiger partial charge is 0.324 e. The molecule has 2 amide bonds. The Balaban J connectivity index is 1.79. The number of benzene rings is 2. The number of hydrogen-bond donors (Lipinski definition) is 0. The Kier molecular flexibility index (Phi) is 4.25. The third-order valence-electron chi connectivity index (χ3n) is 3.23. The first-order valence-corrected chi connectivity index (χ1v) is 7.64. The van der Waals surface area contributed by atoms with Gasteiger partial charge in [-0.2, -0.15) is 13.2 Å². The molecule has 0 saturated heterocycles. The van der Waals surface area contributed by atoms with Crippen LogP contribution in [-0.2, 0) is 4.84 Å². The fourth-order valence-electron chi connectivity index (χ4n) is 2.21. The highest BCUT2D eigenvalue weighted by molar-refractivity contribution is 8.00. The zero-order chi connectivity index (χ0) is 18.2. The van der Waals surface area contributed by atoms with Gasteiger partial charge in [0.15, 0.2) is 0 Å². The van der Waals surface area contributed by atoms with E-state index in [4.69, 9.17) is 4.84 Å². The van der Waals surface area contributed by atoms with Crippen LogP contribution in [0, 0.1) is 0 Å². The van der Waals surface area contributed by atoms with Crippen LogP contribution in [0.3, 0.4) is 0 Å². The predicted molar refractivity (Wildman–Crippen MR) is 80.7 cm³/mol. The first kappa shape index (κ1) is 17.0. The summed E-state index contributed by atoms with van der Waals surface area (Å²) in [7, 11) is 0. The second kappa shape index (κ2) is 6.25. The highest BCUT2D eigenvalue weighted by Gasteiger charge is 2.39. The summed E-state index contributed by atoms with van der Waals surface area (Å²) in [5, 5.41) is 0.302. The van der Waals surface area contributed by atoms with E-state index in [0.29, 0.717) is 5.06 Å². The number of carbonyl (C=O) groups is 3. The summed E-state index contributed by atoms with van der Waals surface area (Å²) in [6, 6.07) is 10.5. The molecule has 1 aliphatic rings. The van der Waals surface area contributed by atoms with E-state index in [2.05, 4.69) is 0 Å². The molecule has 2 aromatic carbocycles. The van der Waals surface area contributed by atoms with Gasteiger partial charge in [0, 0.05) is 4.90 Å². The zero-order valence-electron chi connectivity index (χ0n) is 12.2. The summed E-state index contributed by atoms with van der Waals surface area (Å²) in [5.41, 5.74) is -4.56. The second-order valence-electron chi connectivity index (χ2n) is 4.90. The second-order valence-corrected chi connectivity index (χ2v) is 6.04. The van der Waals surface area contributed by atoms with E-state index < -0.39 is 23.3 Å². The van der Waals surface area contributed by atoms with Gasteiger partial charge in [0.2, 0.25) is 0 Å². The minimum Gasteiger partial charge on any atom is -0.324 e. The van der Waals surface area contributed by atoms with E-state index in [1.807, 2.05) is 0 Å². The summed E-state index contributed by atoms with van der Waals surface area (Å²) in [6.45, 7) is 0. The van der Waals surface area contributed by atoms with Crippen LogP contribution >= 0.6 is 11.8 Å². The molecule has 9 heteroatoms. The van der Waals surface area contributed by atoms with Crippen LogP contribution < -0.4 is 0 Å². The number of hydroxylamine groups is 2. The molecule has 0 saturated carbocycles. The molecule has 0 aromatic heterocycles. The average Bonchev–Trinajstić information content (AvgIpc) is 2.79. The largest absolute Gasteiger partial charge is 0.446 e. The molecule has 128 valence electrons. The number of thioether (sulfide) groups is 1. The average molecular weight is 367 g/mol. The van der Waals surface area contributed by atoms with Gasteiger partial charge in [0.25, 0.3) is 11.8 Å². The lowest BCUT2D eigenvalue weighted by Gasteiger charge is -2.13. The van der Waals surface area contributed by atoms with E-state index >= 15 is 0 Å². The molecule has 0 N–H and O–H groups in total. The number of alkyl halides is 3. The van der Waals surface area contributed by atoms with Crippen molar-refractivity contribution >= 4 is 29.5 Å². The molecule has 0 unspecified atom stereocenters. The Labute approximate surface area is 143 Å². The van der Waals surface area contributed by atoms with Crippen molar-refractivity contribution in [3.05, 3.63) is 65.2 Å². The first-order chi connectivity index (χ1) is 11.8. The van der Waals surface area contributed by atoms with Gasteiger partial charge in [-0.3, -0.25) is 9.59 Å². The number of imide groups is 1. The minimum atomic E-state index is -4.51. The van der Waals surface area contributed by atoms with Crippen molar-refractivity contribution in [2.24, 2.45) is 0 Å². The van der Waals surface area contributed by atoms with Crippen LogP contribution in [0.5, 0.6) is 0 Å². The maximum absolute atomic E-state index is 12.4. The number of carbonyl (C=O) groups excluding carboxylic acids is 3. The molecule has 0 spiro atoms. The molecule has 1 aliphatic heterocycles. The predicted octanol–water partition coefficient (Wildman–Crippen LogP) is 3.67. The van der Waals surface area contributed by atoms with Crippen molar-refractivity contribution in [2.45, 2.75) is 10.4 Å². The van der Waals surface area contributed by atoms with Crippen molar-refractivity contribution < 1.29 is 32.4 Å². The Morgan fingerprint density at radius 2 is 1.56 bits per heavy atom. The standard InChI is InChI=1S/C16H8F3NO4S/c17-16(18,19)25-10-5-3-4-9(8-10)15(23)24-20-13(21)11-6-1-2-7-12(11)14(20)22/h1-8H. The number of fused-ring (bicyclic) bond motifs is 1. The Hall–Kier alpha value is -2.81. The van der Waals surface area contributed by atoms with E-state index in [1.165, 1.54) is 30.3 Å². The number of amides is 2. The van der Waals surface area contributed by atoms with Gasteiger partial charge in [-0.05, 0) is 42.1 Å². The Morgan fingerprint density at radius 1 is 0.960 bits per heavy atom. The SMILES string of the molecule is O=C(ON1C(=O)c2ccccc2C1=O)c1cccc(SC(F)(F)F)c1. The molecule has 1 heterocycles. The van der Waals surface area contributed by atoms with Gasteiger partial charge in [0.1, 0.15) is 0 Å². The van der Waals surface area contributed by atoms with Crippen LogP contribution in [0.4, 0.5) is 13.2 Å². The van der Waals surface area contributed by atoms with E-state index in [0.717, 1.165) is 6.07 Å². The highest BCUT2D eigenvalue weighted by Crippen LogP contribution is 2.37. The van der Waals surface area contributed by atoms with Gasteiger partial charge < -0.3 is 4.84 Å². The molecule has 0 atom stereocenters. The van der Waals surface area contributed by atoms with Gasteiger partial charge in [-0.25, -0.2) is 4.79 Å². The maximum Gasteiger partial charge on any atom is 0.446 e. The fourth-order valence-corrected chi connectivity index (χ4v) is 2.81. The molecular weight excluding hydrogens is 359 g/mol. The van der Waals surface area contributed by atoms with Crippen LogP contribution in [0.15, 0.2) is 53.4 Å². The third-order valence-corrected chi connectivity index (χ3v) is 3.96. The van der Waals surface area contributed by atoms with Gasteiger partial charge in [-0.15, -0.1) is 0 Å². The fraction of sp³-hybridized carbons (Fsp3) is 0.0625. The normalized spacial score (nSPS) is 13.8. The number of rotatable bonds is 3. The van der Waals surface area contributed by atoms with Crippen molar-refractivity contribution in [1.82, 2.24) is 5.06 Å². The summed E-state index contributed by atoms with van der Waals surface area (Å²) >= 11 is -0.389. The molecule has 5 nitrogen and oxygen atoms in total. The van der Waals surface area contributed by atoms with E-state index in [9.17, 15) is 27.6 Å². The number of nitrogens with zero attached hydrogens (tertiary/aromatic N) is 1. The van der Waals surface area contributed by atoms with Crippen LogP contribution in [0.2, 0.25) is 0 Å². The van der Waals surface area contributed by atoms with Gasteiger partial charge >= 0.3 is 11.5 Å². The quantitative estimate of drug-likeness (QED) is 0.612. The molecule has 0 bridgehead atoms. The Morgan fingerprint density at radius 3 is 2.12 bits per heavy atom. The van der Waals surface area contributed by atoms with Crippen molar-refractivity contribution in [1.29, 1.82) is 0 Å². The lowest BCUT2D eigenvalue weighted by Crippen LogP contribution is -2.32. The topological polar surface area (TPSA) is 63.7 Å². The van der Waals surface area contributed by atoms with Crippen LogP contribution in [-0.4, -0.2) is 28.4 Å². The summed E-state index contributed by atoms with van der Waals surface area (Å²) in [4.78, 5) is 40.9. The lowest BCUT2D eigenvalue weighted by atomic mass is 10.1. The number of hydrogen-bond acceptors (Lipinski definition) is 5. The molecular formula is C16H8F3NO4S. The van der Waals surface area contributed by atoms with Crippen molar-refractivity contribution in [3.63, 3.8) is 0 Å². The maximum atomic E-state index is 12.4. The highest BCUT2D eigenvalue weighted by atomic mass is 32.2. The summed E-state index contributed by atoms with van der Waals surface area (Å²) in [6.07, 6.45) is 0. The van der Waals surface area contributed by atoms with Crippen LogP contribution in [0.25, 0.3) is 0 Å². The van der Waals surface area contributed by atoms with Crippen molar-refractivity contribution in [2.75, 3.05) is 0 Å². The first-order valence-electron chi connectivity index (χ1n) is 6.82. The molecule has 2 aromatic rings. The molecule has 3 rings (SSSR count). The number of halogens is 3. The zero-order valence-corrected chi connectivity index (χ0v) is 13.1. The van der Waals surface area contributed by atoms with E-state index in [-0.39, 0.29) is 33.3 Å². The summed E-state index contributed by atoms with van der Waals surface area (Å²) in [5.74, 6) is -2.73.